The molecule has 0 aromatic heterocycles. The van der Waals surface area contributed by atoms with Gasteiger partial charge in [0.25, 0.3) is 0 Å². The lowest BCUT2D eigenvalue weighted by atomic mass is 10.1. The molecule has 1 unspecified atom stereocenters. The zero-order valence-electron chi connectivity index (χ0n) is 13.0. The number of hydrogen-bond donors (Lipinski definition) is 1. The van der Waals surface area contributed by atoms with E-state index in [1.54, 1.807) is 0 Å². The van der Waals surface area contributed by atoms with Crippen molar-refractivity contribution in [2.24, 2.45) is 0 Å². The van der Waals surface area contributed by atoms with Gasteiger partial charge in [0.2, 0.25) is 5.91 Å². The molecule has 0 bridgehead atoms. The maximum Gasteiger partial charge on any atom is 0.221 e. The molecule has 0 aliphatic carbocycles. The van der Waals surface area contributed by atoms with Gasteiger partial charge in [0.15, 0.2) is 0 Å². The Balaban J connectivity index is 1.94. The highest BCUT2D eigenvalue weighted by Gasteiger charge is 2.23. The lowest BCUT2D eigenvalue weighted by Crippen LogP contribution is -2.37. The van der Waals surface area contributed by atoms with Crippen LogP contribution in [0, 0.1) is 0 Å². The van der Waals surface area contributed by atoms with E-state index in [1.165, 1.54) is 18.4 Å². The summed E-state index contributed by atoms with van der Waals surface area (Å²) >= 11 is 0. The second kappa shape index (κ2) is 7.74. The average molecular weight is 324 g/mol. The molecule has 0 radical (unpaired) electrons. The second-order valence-corrected chi connectivity index (χ2v) is 8.11. The number of sulfone groups is 1. The summed E-state index contributed by atoms with van der Waals surface area (Å²) in [6, 6.07) is 10.3. The van der Waals surface area contributed by atoms with Gasteiger partial charge in [-0.15, -0.1) is 0 Å². The van der Waals surface area contributed by atoms with Crippen molar-refractivity contribution in [3.63, 3.8) is 0 Å². The van der Waals surface area contributed by atoms with Crippen molar-refractivity contribution in [1.82, 2.24) is 10.2 Å². The van der Waals surface area contributed by atoms with Crippen LogP contribution < -0.4 is 5.32 Å². The number of amides is 1. The zero-order chi connectivity index (χ0) is 16.0. The van der Waals surface area contributed by atoms with Crippen LogP contribution in [-0.2, 0) is 14.6 Å². The van der Waals surface area contributed by atoms with E-state index in [-0.39, 0.29) is 24.1 Å². The Morgan fingerprint density at radius 1 is 1.23 bits per heavy atom. The topological polar surface area (TPSA) is 66.5 Å². The molecular formula is C16H24N2O3S. The van der Waals surface area contributed by atoms with Crippen molar-refractivity contribution in [2.75, 3.05) is 31.6 Å². The minimum Gasteiger partial charge on any atom is -0.354 e. The Kier molecular flexibility index (Phi) is 5.97. The van der Waals surface area contributed by atoms with Crippen molar-refractivity contribution in [3.05, 3.63) is 35.9 Å². The Morgan fingerprint density at radius 3 is 2.45 bits per heavy atom. The molecule has 6 heteroatoms. The van der Waals surface area contributed by atoms with Crippen LogP contribution in [-0.4, -0.2) is 50.9 Å². The second-order valence-electron chi connectivity index (χ2n) is 5.85. The van der Waals surface area contributed by atoms with E-state index in [2.05, 4.69) is 22.3 Å². The number of benzene rings is 1. The van der Waals surface area contributed by atoms with Gasteiger partial charge in [-0.25, -0.2) is 8.42 Å². The van der Waals surface area contributed by atoms with E-state index < -0.39 is 9.84 Å². The van der Waals surface area contributed by atoms with E-state index in [0.29, 0.717) is 6.54 Å². The minimum absolute atomic E-state index is 0.0281. The Morgan fingerprint density at radius 2 is 1.86 bits per heavy atom. The molecule has 1 amide bonds. The first-order chi connectivity index (χ1) is 10.5. The summed E-state index contributed by atoms with van der Waals surface area (Å²) in [5, 5.41) is 2.89. The molecule has 0 saturated carbocycles. The predicted molar refractivity (Wildman–Crippen MR) is 87.3 cm³/mol. The fourth-order valence-corrected chi connectivity index (χ4v) is 3.32. The molecule has 0 spiro atoms. The summed E-state index contributed by atoms with van der Waals surface area (Å²) in [4.78, 5) is 14.2. The fraction of sp³-hybridized carbons (Fsp3) is 0.562. The van der Waals surface area contributed by atoms with Crippen LogP contribution >= 0.6 is 0 Å². The highest BCUT2D eigenvalue weighted by atomic mass is 32.2. The quantitative estimate of drug-likeness (QED) is 0.823. The van der Waals surface area contributed by atoms with E-state index in [1.807, 2.05) is 18.2 Å². The van der Waals surface area contributed by atoms with Crippen LogP contribution in [0.3, 0.4) is 0 Å². The van der Waals surface area contributed by atoms with Crippen molar-refractivity contribution in [3.8, 4) is 0 Å². The van der Waals surface area contributed by atoms with Crippen molar-refractivity contribution in [1.29, 1.82) is 0 Å². The summed E-state index contributed by atoms with van der Waals surface area (Å²) in [7, 11) is -3.10. The van der Waals surface area contributed by atoms with Crippen LogP contribution in [0.15, 0.2) is 30.3 Å². The molecule has 1 fully saturated rings. The highest BCUT2D eigenvalue weighted by Crippen LogP contribution is 2.24. The lowest BCUT2D eigenvalue weighted by Gasteiger charge is -2.28. The number of nitrogens with one attached hydrogen (secondary N) is 1. The van der Waals surface area contributed by atoms with Gasteiger partial charge in [-0.3, -0.25) is 9.69 Å². The molecule has 1 heterocycles. The van der Waals surface area contributed by atoms with Crippen LogP contribution in [0.1, 0.15) is 30.9 Å². The first-order valence-corrected chi connectivity index (χ1v) is 9.75. The van der Waals surface area contributed by atoms with Gasteiger partial charge in [0, 0.05) is 19.2 Å². The molecule has 5 nitrogen and oxygen atoms in total. The van der Waals surface area contributed by atoms with Gasteiger partial charge in [-0.2, -0.15) is 0 Å². The maximum atomic E-state index is 11.8. The minimum atomic E-state index is -3.10. The third kappa shape index (κ3) is 5.42. The third-order valence-corrected chi connectivity index (χ3v) is 4.90. The molecule has 1 N–H and O–H groups in total. The van der Waals surface area contributed by atoms with Gasteiger partial charge in [0.1, 0.15) is 9.84 Å². The summed E-state index contributed by atoms with van der Waals surface area (Å²) in [6.45, 7) is 2.60. The highest BCUT2D eigenvalue weighted by molar-refractivity contribution is 7.90. The van der Waals surface area contributed by atoms with Gasteiger partial charge >= 0.3 is 0 Å². The first-order valence-electron chi connectivity index (χ1n) is 7.69. The maximum absolute atomic E-state index is 11.8. The fourth-order valence-electron chi connectivity index (χ4n) is 2.76. The molecule has 1 aliphatic rings. The smallest absolute Gasteiger partial charge is 0.221 e. The molecule has 122 valence electrons. The van der Waals surface area contributed by atoms with Gasteiger partial charge in [-0.1, -0.05) is 30.3 Å². The molecule has 1 aliphatic heterocycles. The Hall–Kier alpha value is -1.40. The summed E-state index contributed by atoms with van der Waals surface area (Å²) in [6.07, 6.45) is 3.55. The van der Waals surface area contributed by atoms with Crippen LogP contribution in [0.5, 0.6) is 0 Å². The number of hydrogen-bond acceptors (Lipinski definition) is 4. The summed E-state index contributed by atoms with van der Waals surface area (Å²) in [5.74, 6) is -0.302. The van der Waals surface area contributed by atoms with Crippen LogP contribution in [0.25, 0.3) is 0 Å². The zero-order valence-corrected chi connectivity index (χ0v) is 13.8. The lowest BCUT2D eigenvalue weighted by molar-refractivity contribution is -0.120. The molecule has 1 aromatic carbocycles. The number of carbonyl (C=O) groups is 1. The van der Waals surface area contributed by atoms with Crippen molar-refractivity contribution in [2.45, 2.75) is 25.3 Å². The van der Waals surface area contributed by atoms with Gasteiger partial charge < -0.3 is 5.32 Å². The van der Waals surface area contributed by atoms with Gasteiger partial charge in [0.05, 0.1) is 11.8 Å². The van der Waals surface area contributed by atoms with E-state index in [9.17, 15) is 13.2 Å². The largest absolute Gasteiger partial charge is 0.354 e. The molecule has 22 heavy (non-hydrogen) atoms. The van der Waals surface area contributed by atoms with Crippen molar-refractivity contribution < 1.29 is 13.2 Å². The first kappa shape index (κ1) is 17.0. The average Bonchev–Trinajstić information content (AvgIpc) is 3.00. The van der Waals surface area contributed by atoms with Gasteiger partial charge in [-0.05, 0) is 31.5 Å². The standard InChI is InChI=1S/C16H24N2O3S/c1-22(20,21)12-9-16(19)17-13-15(18-10-5-6-11-18)14-7-3-2-4-8-14/h2-4,7-8,15H,5-6,9-13H2,1H3,(H,17,19). The molecule has 1 saturated heterocycles. The predicted octanol–water partition coefficient (Wildman–Crippen LogP) is 1.37. The molecule has 2 rings (SSSR count). The van der Waals surface area contributed by atoms with E-state index in [0.717, 1.165) is 19.3 Å². The summed E-state index contributed by atoms with van der Waals surface area (Å²) < 4.78 is 22.2. The number of rotatable bonds is 7. The number of nitrogens with zero attached hydrogens (tertiary/aromatic N) is 1. The Labute approximate surface area is 132 Å². The molecule has 1 atom stereocenters. The normalized spacial score (nSPS) is 17.3. The number of carbonyl (C=O) groups excluding carboxylic acids is 1. The SMILES string of the molecule is CS(=O)(=O)CCC(=O)NCC(c1ccccc1)N1CCCC1. The van der Waals surface area contributed by atoms with E-state index in [4.69, 9.17) is 0 Å². The van der Waals surface area contributed by atoms with Crippen LogP contribution in [0.2, 0.25) is 0 Å². The summed E-state index contributed by atoms with van der Waals surface area (Å²) in [5.41, 5.74) is 1.19. The van der Waals surface area contributed by atoms with Crippen molar-refractivity contribution >= 4 is 15.7 Å². The van der Waals surface area contributed by atoms with Crippen LogP contribution in [0.4, 0.5) is 0 Å². The third-order valence-electron chi connectivity index (χ3n) is 3.96. The Bertz CT molecular complexity index is 581. The van der Waals surface area contributed by atoms with E-state index >= 15 is 0 Å². The molecule has 1 aromatic rings. The monoisotopic (exact) mass is 324 g/mol. The number of likely N-dealkylation sites (tertiary alicyclic amines) is 1. The molecular weight excluding hydrogens is 300 g/mol.